The summed E-state index contributed by atoms with van der Waals surface area (Å²) in [5.41, 5.74) is 0.874. The summed E-state index contributed by atoms with van der Waals surface area (Å²) in [6.07, 6.45) is 5.38. The summed E-state index contributed by atoms with van der Waals surface area (Å²) in [5.74, 6) is 0.286. The Balaban J connectivity index is 1.79. The van der Waals surface area contributed by atoms with Crippen LogP contribution in [-0.2, 0) is 4.79 Å². The number of benzene rings is 1. The first-order valence-corrected chi connectivity index (χ1v) is 7.88. The van der Waals surface area contributed by atoms with Crippen LogP contribution in [0.2, 0.25) is 5.02 Å². The van der Waals surface area contributed by atoms with E-state index in [4.69, 9.17) is 11.6 Å². The van der Waals surface area contributed by atoms with E-state index in [9.17, 15) is 4.79 Å². The van der Waals surface area contributed by atoms with E-state index in [1.54, 1.807) is 0 Å². The highest BCUT2D eigenvalue weighted by Crippen LogP contribution is 2.46. The maximum absolute atomic E-state index is 12.6. The molecule has 1 aliphatic heterocycles. The van der Waals surface area contributed by atoms with Gasteiger partial charge in [-0.3, -0.25) is 10.1 Å². The third kappa shape index (κ3) is 2.45. The standard InChI is InChI=1S/C16H21ClN2O/c1-2-3-4-11-19-14(12-5-7-13(17)8-6-12)18-16(9-10-16)15(19)20/h5-8,14,18H,2-4,9-11H2,1H3. The van der Waals surface area contributed by atoms with E-state index in [-0.39, 0.29) is 17.6 Å². The molecule has 20 heavy (non-hydrogen) atoms. The molecule has 1 saturated heterocycles. The van der Waals surface area contributed by atoms with Gasteiger partial charge in [0.1, 0.15) is 11.7 Å². The van der Waals surface area contributed by atoms with Crippen LogP contribution in [0.5, 0.6) is 0 Å². The van der Waals surface area contributed by atoms with Gasteiger partial charge in [-0.15, -0.1) is 0 Å². The van der Waals surface area contributed by atoms with E-state index in [2.05, 4.69) is 12.2 Å². The van der Waals surface area contributed by atoms with Crippen molar-refractivity contribution in [2.45, 2.75) is 50.7 Å². The van der Waals surface area contributed by atoms with Gasteiger partial charge in [-0.25, -0.2) is 0 Å². The molecule has 2 fully saturated rings. The average molecular weight is 293 g/mol. The number of rotatable bonds is 5. The van der Waals surface area contributed by atoms with Crippen LogP contribution in [0, 0.1) is 0 Å². The van der Waals surface area contributed by atoms with Crippen molar-refractivity contribution in [1.82, 2.24) is 10.2 Å². The first-order chi connectivity index (χ1) is 9.66. The third-order valence-corrected chi connectivity index (χ3v) is 4.59. The number of halogens is 1. The molecule has 1 heterocycles. The summed E-state index contributed by atoms with van der Waals surface area (Å²) in [6, 6.07) is 7.82. The van der Waals surface area contributed by atoms with Gasteiger partial charge in [0.25, 0.3) is 0 Å². The van der Waals surface area contributed by atoms with Crippen LogP contribution in [0.4, 0.5) is 0 Å². The monoisotopic (exact) mass is 292 g/mol. The van der Waals surface area contributed by atoms with Crippen molar-refractivity contribution in [1.29, 1.82) is 0 Å². The summed E-state index contributed by atoms with van der Waals surface area (Å²) >= 11 is 5.95. The zero-order chi connectivity index (χ0) is 14.2. The topological polar surface area (TPSA) is 32.3 Å². The fourth-order valence-electron chi connectivity index (χ4n) is 2.95. The molecule has 4 heteroatoms. The fraction of sp³-hybridized carbons (Fsp3) is 0.562. The van der Waals surface area contributed by atoms with Gasteiger partial charge < -0.3 is 4.90 Å². The summed E-state index contributed by atoms with van der Waals surface area (Å²) < 4.78 is 0. The molecule has 1 aliphatic carbocycles. The maximum atomic E-state index is 12.6. The Bertz CT molecular complexity index is 496. The second-order valence-electron chi connectivity index (χ2n) is 5.89. The highest BCUT2D eigenvalue weighted by atomic mass is 35.5. The molecule has 1 amide bonds. The molecule has 1 N–H and O–H groups in total. The molecule has 0 aromatic heterocycles. The van der Waals surface area contributed by atoms with Crippen LogP contribution in [0.15, 0.2) is 24.3 Å². The number of carbonyl (C=O) groups is 1. The number of unbranched alkanes of at least 4 members (excludes halogenated alkanes) is 2. The minimum absolute atomic E-state index is 0.0131. The van der Waals surface area contributed by atoms with Crippen LogP contribution in [0.3, 0.4) is 0 Å². The molecular weight excluding hydrogens is 272 g/mol. The molecule has 108 valence electrons. The molecule has 1 spiro atoms. The van der Waals surface area contributed by atoms with Crippen molar-refractivity contribution < 1.29 is 4.79 Å². The summed E-state index contributed by atoms with van der Waals surface area (Å²) in [6.45, 7) is 3.03. The second kappa shape index (κ2) is 5.38. The van der Waals surface area contributed by atoms with Gasteiger partial charge in [-0.2, -0.15) is 0 Å². The molecule has 1 aromatic rings. The molecule has 1 saturated carbocycles. The van der Waals surface area contributed by atoms with Crippen molar-refractivity contribution in [3.63, 3.8) is 0 Å². The highest BCUT2D eigenvalue weighted by Gasteiger charge is 2.59. The lowest BCUT2D eigenvalue weighted by Crippen LogP contribution is -2.33. The van der Waals surface area contributed by atoms with Gasteiger partial charge in [0.2, 0.25) is 5.91 Å². The number of nitrogens with one attached hydrogen (secondary N) is 1. The van der Waals surface area contributed by atoms with E-state index >= 15 is 0 Å². The number of hydrogen-bond acceptors (Lipinski definition) is 2. The van der Waals surface area contributed by atoms with Crippen LogP contribution in [-0.4, -0.2) is 22.9 Å². The number of amides is 1. The number of nitrogens with zero attached hydrogens (tertiary/aromatic N) is 1. The Labute approximate surface area is 125 Å². The summed E-state index contributed by atoms with van der Waals surface area (Å²) in [5, 5.41) is 4.27. The van der Waals surface area contributed by atoms with E-state index in [1.807, 2.05) is 29.2 Å². The van der Waals surface area contributed by atoms with E-state index < -0.39 is 0 Å². The van der Waals surface area contributed by atoms with Gasteiger partial charge in [-0.1, -0.05) is 43.5 Å². The Morgan fingerprint density at radius 2 is 2.00 bits per heavy atom. The molecule has 1 atom stereocenters. The minimum atomic E-state index is -0.253. The van der Waals surface area contributed by atoms with Crippen molar-refractivity contribution >= 4 is 17.5 Å². The van der Waals surface area contributed by atoms with Crippen LogP contribution in [0.25, 0.3) is 0 Å². The van der Waals surface area contributed by atoms with Crippen molar-refractivity contribution in [3.8, 4) is 0 Å². The predicted molar refractivity (Wildman–Crippen MR) is 80.5 cm³/mol. The lowest BCUT2D eigenvalue weighted by atomic mass is 10.1. The Morgan fingerprint density at radius 3 is 2.60 bits per heavy atom. The largest absolute Gasteiger partial charge is 0.321 e. The zero-order valence-electron chi connectivity index (χ0n) is 11.9. The molecule has 2 aliphatic rings. The molecule has 3 nitrogen and oxygen atoms in total. The lowest BCUT2D eigenvalue weighted by Gasteiger charge is -2.24. The third-order valence-electron chi connectivity index (χ3n) is 4.33. The van der Waals surface area contributed by atoms with Gasteiger partial charge in [0.05, 0.1) is 0 Å². The molecular formula is C16H21ClN2O. The molecule has 1 unspecified atom stereocenters. The van der Waals surface area contributed by atoms with Crippen molar-refractivity contribution in [2.24, 2.45) is 0 Å². The lowest BCUT2D eigenvalue weighted by molar-refractivity contribution is -0.130. The Hall–Kier alpha value is -1.06. The zero-order valence-corrected chi connectivity index (χ0v) is 12.6. The molecule has 0 radical (unpaired) electrons. The van der Waals surface area contributed by atoms with E-state index in [0.717, 1.165) is 36.4 Å². The minimum Gasteiger partial charge on any atom is -0.321 e. The first-order valence-electron chi connectivity index (χ1n) is 7.50. The smallest absolute Gasteiger partial charge is 0.244 e. The summed E-state index contributed by atoms with van der Waals surface area (Å²) in [4.78, 5) is 14.6. The predicted octanol–water partition coefficient (Wildman–Crippen LogP) is 3.49. The van der Waals surface area contributed by atoms with E-state index in [1.165, 1.54) is 12.8 Å². The molecule has 1 aromatic carbocycles. The second-order valence-corrected chi connectivity index (χ2v) is 6.32. The van der Waals surface area contributed by atoms with Crippen LogP contribution in [0.1, 0.15) is 50.8 Å². The maximum Gasteiger partial charge on any atom is 0.244 e. The number of carbonyl (C=O) groups excluding carboxylic acids is 1. The normalized spacial score (nSPS) is 23.6. The first kappa shape index (κ1) is 13.9. The van der Waals surface area contributed by atoms with Gasteiger partial charge >= 0.3 is 0 Å². The van der Waals surface area contributed by atoms with Crippen LogP contribution < -0.4 is 5.32 Å². The van der Waals surface area contributed by atoms with Gasteiger partial charge in [0.15, 0.2) is 0 Å². The average Bonchev–Trinajstić information content (AvgIpc) is 3.18. The molecule has 3 rings (SSSR count). The number of hydrogen-bond donors (Lipinski definition) is 1. The quantitative estimate of drug-likeness (QED) is 0.843. The van der Waals surface area contributed by atoms with Crippen molar-refractivity contribution in [2.75, 3.05) is 6.54 Å². The Morgan fingerprint density at radius 1 is 1.30 bits per heavy atom. The fourth-order valence-corrected chi connectivity index (χ4v) is 3.07. The van der Waals surface area contributed by atoms with E-state index in [0.29, 0.717) is 0 Å². The van der Waals surface area contributed by atoms with Gasteiger partial charge in [-0.05, 0) is 37.0 Å². The highest BCUT2D eigenvalue weighted by molar-refractivity contribution is 6.30. The summed E-state index contributed by atoms with van der Waals surface area (Å²) in [7, 11) is 0. The van der Waals surface area contributed by atoms with Gasteiger partial charge in [0, 0.05) is 11.6 Å². The van der Waals surface area contributed by atoms with Crippen LogP contribution >= 0.6 is 11.6 Å². The molecule has 0 bridgehead atoms. The van der Waals surface area contributed by atoms with Crippen molar-refractivity contribution in [3.05, 3.63) is 34.9 Å². The SMILES string of the molecule is CCCCCN1C(=O)C2(CC2)NC1c1ccc(Cl)cc1. The Kier molecular flexibility index (Phi) is 3.74.